The number of benzene rings is 2. The predicted octanol–water partition coefficient (Wildman–Crippen LogP) is 2.54. The molecule has 38 heavy (non-hydrogen) atoms. The van der Waals surface area contributed by atoms with Crippen molar-refractivity contribution in [1.82, 2.24) is 20.0 Å². The van der Waals surface area contributed by atoms with Crippen molar-refractivity contribution in [2.75, 3.05) is 44.2 Å². The third-order valence-corrected chi connectivity index (χ3v) is 6.94. The van der Waals surface area contributed by atoms with Crippen LogP contribution in [0.3, 0.4) is 0 Å². The van der Waals surface area contributed by atoms with E-state index in [-0.39, 0.29) is 48.5 Å². The maximum absolute atomic E-state index is 14.5. The van der Waals surface area contributed by atoms with Crippen molar-refractivity contribution >= 4 is 28.3 Å². The number of anilines is 1. The van der Waals surface area contributed by atoms with Gasteiger partial charge in [0.05, 0.1) is 24.1 Å². The molecule has 4 rings (SSSR count). The van der Waals surface area contributed by atoms with Gasteiger partial charge in [-0.05, 0) is 50.1 Å². The Balaban J connectivity index is 1.34. The number of fused-ring (bicyclic) bond motifs is 1. The highest BCUT2D eigenvalue weighted by Gasteiger charge is 2.20. The topological polar surface area (TPSA) is 96.8 Å². The van der Waals surface area contributed by atoms with E-state index < -0.39 is 17.3 Å². The molecule has 9 nitrogen and oxygen atoms in total. The Hall–Kier alpha value is -3.79. The highest BCUT2D eigenvalue weighted by Crippen LogP contribution is 2.20. The summed E-state index contributed by atoms with van der Waals surface area (Å²) >= 11 is 0. The smallest absolute Gasteiger partial charge is 0.311 e. The molecule has 1 N–H and O–H groups in total. The highest BCUT2D eigenvalue weighted by atomic mass is 19.1. The minimum atomic E-state index is -0.708. The van der Waals surface area contributed by atoms with Crippen LogP contribution in [0.1, 0.15) is 30.2 Å². The fourth-order valence-electron chi connectivity index (χ4n) is 4.61. The normalized spacial score (nSPS) is 14.1. The van der Waals surface area contributed by atoms with Crippen LogP contribution in [-0.4, -0.2) is 65.9 Å². The lowest BCUT2D eigenvalue weighted by atomic mass is 10.1. The van der Waals surface area contributed by atoms with Crippen molar-refractivity contribution in [2.24, 2.45) is 0 Å². The van der Waals surface area contributed by atoms with Gasteiger partial charge >= 0.3 is 5.97 Å². The molecular weight excluding hydrogens is 489 g/mol. The Morgan fingerprint density at radius 2 is 1.84 bits per heavy atom. The van der Waals surface area contributed by atoms with Crippen molar-refractivity contribution in [2.45, 2.75) is 40.3 Å². The van der Waals surface area contributed by atoms with E-state index in [1.54, 1.807) is 13.0 Å². The lowest BCUT2D eigenvalue weighted by Crippen LogP contribution is -2.47. The summed E-state index contributed by atoms with van der Waals surface area (Å²) in [5.41, 5.74) is 3.32. The molecule has 202 valence electrons. The molecule has 0 saturated carbocycles. The summed E-state index contributed by atoms with van der Waals surface area (Å²) in [7, 11) is 0. The number of ether oxygens (including phenoxy) is 1. The second kappa shape index (κ2) is 12.2. The quantitative estimate of drug-likeness (QED) is 0.431. The number of hydrogen-bond donors (Lipinski definition) is 1. The van der Waals surface area contributed by atoms with Crippen molar-refractivity contribution in [3.8, 4) is 0 Å². The van der Waals surface area contributed by atoms with E-state index in [2.05, 4.69) is 52.3 Å². The number of halogens is 1. The molecule has 0 bridgehead atoms. The molecule has 0 spiro atoms. The van der Waals surface area contributed by atoms with Crippen molar-refractivity contribution < 1.29 is 18.7 Å². The molecule has 1 fully saturated rings. The van der Waals surface area contributed by atoms with E-state index in [1.165, 1.54) is 28.9 Å². The molecule has 3 aromatic rings. The predicted molar refractivity (Wildman–Crippen MR) is 144 cm³/mol. The second-order valence-corrected chi connectivity index (χ2v) is 9.50. The van der Waals surface area contributed by atoms with E-state index in [9.17, 15) is 18.8 Å². The molecule has 1 saturated heterocycles. The van der Waals surface area contributed by atoms with E-state index in [0.29, 0.717) is 6.54 Å². The summed E-state index contributed by atoms with van der Waals surface area (Å²) in [6.45, 7) is 9.94. The third-order valence-electron chi connectivity index (χ3n) is 6.94. The van der Waals surface area contributed by atoms with Gasteiger partial charge < -0.3 is 15.0 Å². The maximum Gasteiger partial charge on any atom is 0.311 e. The summed E-state index contributed by atoms with van der Waals surface area (Å²) in [5.74, 6) is -1.48. The largest absolute Gasteiger partial charge is 0.466 e. The molecule has 0 aliphatic carbocycles. The summed E-state index contributed by atoms with van der Waals surface area (Å²) in [5, 5.41) is 7.03. The molecule has 0 atom stereocenters. The van der Waals surface area contributed by atoms with Crippen LogP contribution in [0, 0.1) is 19.7 Å². The lowest BCUT2D eigenvalue weighted by Gasteiger charge is -2.36. The van der Waals surface area contributed by atoms with Crippen LogP contribution in [0.2, 0.25) is 0 Å². The molecule has 1 aliphatic rings. The average Bonchev–Trinajstić information content (AvgIpc) is 2.90. The van der Waals surface area contributed by atoms with Crippen molar-refractivity contribution in [3.05, 3.63) is 69.4 Å². The number of rotatable bonds is 9. The fraction of sp³-hybridized carbons (Fsp3) is 0.429. The standard InChI is InChI=1S/C28H34FN5O4/c1-4-38-26(36)17-24-22-6-5-7-23(29)27(22)28(37)34(31-24)18-30-25(35)10-11-32-12-14-33(15-13-32)21-9-8-19(2)20(3)16-21/h5-9,16H,4,10-15,17-18H2,1-3H3,(H,30,35). The van der Waals surface area contributed by atoms with Gasteiger partial charge in [-0.25, -0.2) is 9.07 Å². The van der Waals surface area contributed by atoms with Crippen molar-refractivity contribution in [1.29, 1.82) is 0 Å². The molecule has 2 heterocycles. The SMILES string of the molecule is CCOC(=O)Cc1nn(CNC(=O)CCN2CCN(c3ccc(C)c(C)c3)CC2)c(=O)c2c(F)cccc12. The summed E-state index contributed by atoms with van der Waals surface area (Å²) in [6.07, 6.45) is 0.0478. The van der Waals surface area contributed by atoms with Gasteiger partial charge in [-0.15, -0.1) is 0 Å². The Morgan fingerprint density at radius 1 is 1.08 bits per heavy atom. The minimum absolute atomic E-state index is 0.169. The monoisotopic (exact) mass is 523 g/mol. The summed E-state index contributed by atoms with van der Waals surface area (Å²) in [6, 6.07) is 10.7. The molecule has 10 heteroatoms. The summed E-state index contributed by atoms with van der Waals surface area (Å²) in [4.78, 5) is 42.1. The lowest BCUT2D eigenvalue weighted by molar-refractivity contribution is -0.142. The number of hydrogen-bond acceptors (Lipinski definition) is 7. The first-order chi connectivity index (χ1) is 18.3. The van der Waals surface area contributed by atoms with Crippen LogP contribution in [-0.2, 0) is 27.4 Å². The number of esters is 1. The van der Waals surface area contributed by atoms with Gasteiger partial charge in [0.15, 0.2) is 0 Å². The molecular formula is C28H34FN5O4. The average molecular weight is 524 g/mol. The number of aryl methyl sites for hydroxylation is 2. The van der Waals surface area contributed by atoms with E-state index in [1.807, 2.05) is 0 Å². The van der Waals surface area contributed by atoms with Gasteiger partial charge in [0.2, 0.25) is 5.91 Å². The Bertz CT molecular complexity index is 1380. The first-order valence-corrected chi connectivity index (χ1v) is 12.9. The van der Waals surface area contributed by atoms with Gasteiger partial charge in [0, 0.05) is 50.2 Å². The van der Waals surface area contributed by atoms with Crippen LogP contribution in [0.4, 0.5) is 10.1 Å². The highest BCUT2D eigenvalue weighted by molar-refractivity contribution is 5.87. The fourth-order valence-corrected chi connectivity index (χ4v) is 4.61. The zero-order chi connectivity index (χ0) is 27.2. The minimum Gasteiger partial charge on any atom is -0.466 e. The number of carbonyl (C=O) groups is 2. The Kier molecular flexibility index (Phi) is 8.73. The zero-order valence-corrected chi connectivity index (χ0v) is 22.1. The molecule has 1 aliphatic heterocycles. The van der Waals surface area contributed by atoms with Gasteiger partial charge in [0.1, 0.15) is 12.5 Å². The Labute approximate surface area is 221 Å². The van der Waals surface area contributed by atoms with E-state index >= 15 is 0 Å². The number of carbonyl (C=O) groups excluding carboxylic acids is 2. The Morgan fingerprint density at radius 3 is 2.55 bits per heavy atom. The first-order valence-electron chi connectivity index (χ1n) is 12.9. The van der Waals surface area contributed by atoms with Crippen LogP contribution in [0.25, 0.3) is 10.8 Å². The second-order valence-electron chi connectivity index (χ2n) is 9.50. The zero-order valence-electron chi connectivity index (χ0n) is 22.1. The number of piperazine rings is 1. The first kappa shape index (κ1) is 27.3. The van der Waals surface area contributed by atoms with Crippen LogP contribution in [0.15, 0.2) is 41.2 Å². The van der Waals surface area contributed by atoms with Gasteiger partial charge in [0.25, 0.3) is 5.56 Å². The third kappa shape index (κ3) is 6.36. The number of nitrogens with zero attached hydrogens (tertiary/aromatic N) is 4. The maximum atomic E-state index is 14.5. The van der Waals surface area contributed by atoms with Crippen LogP contribution >= 0.6 is 0 Å². The van der Waals surface area contributed by atoms with Crippen molar-refractivity contribution in [3.63, 3.8) is 0 Å². The number of nitrogens with one attached hydrogen (secondary N) is 1. The number of amides is 1. The number of aromatic nitrogens is 2. The van der Waals surface area contributed by atoms with Crippen LogP contribution in [0.5, 0.6) is 0 Å². The molecule has 1 amide bonds. The van der Waals surface area contributed by atoms with Gasteiger partial charge in [-0.3, -0.25) is 19.3 Å². The van der Waals surface area contributed by atoms with Gasteiger partial charge in [-0.2, -0.15) is 5.10 Å². The van der Waals surface area contributed by atoms with Crippen LogP contribution < -0.4 is 15.8 Å². The van der Waals surface area contributed by atoms with E-state index in [4.69, 9.17) is 4.74 Å². The van der Waals surface area contributed by atoms with E-state index in [0.717, 1.165) is 30.9 Å². The molecule has 0 unspecified atom stereocenters. The van der Waals surface area contributed by atoms with Gasteiger partial charge in [-0.1, -0.05) is 18.2 Å². The molecule has 0 radical (unpaired) electrons. The molecule has 1 aromatic heterocycles. The summed E-state index contributed by atoms with van der Waals surface area (Å²) < 4.78 is 20.5. The molecule has 2 aromatic carbocycles.